The normalized spacial score (nSPS) is 14.4. The lowest BCUT2D eigenvalue weighted by Gasteiger charge is -2.26. The van der Waals surface area contributed by atoms with Gasteiger partial charge in [-0.05, 0) is 49.4 Å². The van der Waals surface area contributed by atoms with Gasteiger partial charge in [-0.3, -0.25) is 4.98 Å². The molecule has 2 atom stereocenters. The zero-order chi connectivity index (χ0) is 13.4. The minimum atomic E-state index is 0.392. The van der Waals surface area contributed by atoms with E-state index in [0.29, 0.717) is 12.0 Å². The molecule has 18 heavy (non-hydrogen) atoms. The van der Waals surface area contributed by atoms with Gasteiger partial charge in [-0.2, -0.15) is 0 Å². The fourth-order valence-corrected chi connectivity index (χ4v) is 2.22. The second-order valence-corrected chi connectivity index (χ2v) is 4.92. The van der Waals surface area contributed by atoms with Crippen LogP contribution in [0.2, 0.25) is 0 Å². The van der Waals surface area contributed by atoms with E-state index >= 15 is 0 Å². The third-order valence-corrected chi connectivity index (χ3v) is 3.36. The van der Waals surface area contributed by atoms with Gasteiger partial charge < -0.3 is 10.1 Å². The predicted molar refractivity (Wildman–Crippen MR) is 75.7 cm³/mol. The van der Waals surface area contributed by atoms with Crippen molar-refractivity contribution in [1.82, 2.24) is 10.3 Å². The Balaban J connectivity index is 2.80. The highest BCUT2D eigenvalue weighted by Gasteiger charge is 2.19. The summed E-state index contributed by atoms with van der Waals surface area (Å²) in [7, 11) is 1.76. The number of aryl methyl sites for hydroxylation is 1. The summed E-state index contributed by atoms with van der Waals surface area (Å²) in [5.74, 6) is 0.553. The van der Waals surface area contributed by atoms with Crippen LogP contribution >= 0.6 is 0 Å². The Kier molecular flexibility index (Phi) is 6.91. The largest absolute Gasteiger partial charge is 0.385 e. The molecule has 0 saturated heterocycles. The molecule has 0 fully saturated rings. The fraction of sp³-hybridized carbons (Fsp3) is 0.667. The Labute approximate surface area is 111 Å². The number of ether oxygens (including phenoxy) is 1. The molecule has 1 heterocycles. The molecule has 3 nitrogen and oxygen atoms in total. The van der Waals surface area contributed by atoms with Crippen LogP contribution in [0.3, 0.4) is 0 Å². The summed E-state index contributed by atoms with van der Waals surface area (Å²) in [6.07, 6.45) is 6.04. The number of aromatic nitrogens is 1. The summed E-state index contributed by atoms with van der Waals surface area (Å²) < 4.78 is 5.19. The number of hydrogen-bond donors (Lipinski definition) is 1. The first-order valence-electron chi connectivity index (χ1n) is 6.83. The third kappa shape index (κ3) is 4.39. The average Bonchev–Trinajstić information content (AvgIpc) is 2.38. The molecule has 1 aromatic heterocycles. The zero-order valence-corrected chi connectivity index (χ0v) is 12.1. The molecule has 0 saturated carbocycles. The van der Waals surface area contributed by atoms with Gasteiger partial charge in [0.2, 0.25) is 0 Å². The predicted octanol–water partition coefficient (Wildman–Crippen LogP) is 3.10. The maximum absolute atomic E-state index is 5.19. The van der Waals surface area contributed by atoms with Crippen molar-refractivity contribution in [3.8, 4) is 0 Å². The van der Waals surface area contributed by atoms with Crippen molar-refractivity contribution in [2.75, 3.05) is 20.3 Å². The van der Waals surface area contributed by atoms with E-state index in [0.717, 1.165) is 26.0 Å². The van der Waals surface area contributed by atoms with Gasteiger partial charge in [-0.15, -0.1) is 0 Å². The second-order valence-electron chi connectivity index (χ2n) is 4.92. The van der Waals surface area contributed by atoms with E-state index in [1.54, 1.807) is 7.11 Å². The van der Waals surface area contributed by atoms with E-state index in [4.69, 9.17) is 4.74 Å². The van der Waals surface area contributed by atoms with Crippen molar-refractivity contribution < 1.29 is 4.74 Å². The first-order valence-corrected chi connectivity index (χ1v) is 6.83. The van der Waals surface area contributed by atoms with E-state index in [1.165, 1.54) is 11.1 Å². The van der Waals surface area contributed by atoms with Gasteiger partial charge in [0.1, 0.15) is 0 Å². The quantitative estimate of drug-likeness (QED) is 0.770. The minimum absolute atomic E-state index is 0.392. The van der Waals surface area contributed by atoms with Crippen molar-refractivity contribution in [2.45, 2.75) is 39.7 Å². The number of nitrogens with one attached hydrogen (secondary N) is 1. The van der Waals surface area contributed by atoms with Crippen molar-refractivity contribution in [3.05, 3.63) is 29.6 Å². The molecule has 0 aromatic carbocycles. The van der Waals surface area contributed by atoms with Gasteiger partial charge in [-0.25, -0.2) is 0 Å². The molecule has 0 spiro atoms. The Morgan fingerprint density at radius 2 is 2.22 bits per heavy atom. The maximum atomic E-state index is 5.19. The Bertz CT molecular complexity index is 341. The molecule has 0 aliphatic heterocycles. The van der Waals surface area contributed by atoms with Crippen LogP contribution in [0, 0.1) is 12.8 Å². The first-order chi connectivity index (χ1) is 8.70. The van der Waals surface area contributed by atoms with Gasteiger partial charge in [0.25, 0.3) is 0 Å². The van der Waals surface area contributed by atoms with Crippen LogP contribution in [-0.4, -0.2) is 25.2 Å². The molecule has 0 amide bonds. The molecule has 1 N–H and O–H groups in total. The topological polar surface area (TPSA) is 34.2 Å². The van der Waals surface area contributed by atoms with Crippen molar-refractivity contribution in [1.29, 1.82) is 0 Å². The summed E-state index contributed by atoms with van der Waals surface area (Å²) in [5, 5.41) is 3.65. The average molecular weight is 250 g/mol. The lowest BCUT2D eigenvalue weighted by molar-refractivity contribution is 0.170. The number of hydrogen-bond acceptors (Lipinski definition) is 3. The van der Waals surface area contributed by atoms with Crippen LogP contribution in [0.25, 0.3) is 0 Å². The number of nitrogens with zero attached hydrogens (tertiary/aromatic N) is 1. The van der Waals surface area contributed by atoms with Gasteiger partial charge in [0.15, 0.2) is 0 Å². The van der Waals surface area contributed by atoms with Gasteiger partial charge in [0, 0.05) is 32.2 Å². The molecule has 0 radical (unpaired) electrons. The van der Waals surface area contributed by atoms with E-state index in [2.05, 4.69) is 37.1 Å². The lowest BCUT2D eigenvalue weighted by atomic mass is 9.90. The van der Waals surface area contributed by atoms with Crippen LogP contribution in [0.4, 0.5) is 0 Å². The Morgan fingerprint density at radius 3 is 2.83 bits per heavy atom. The highest BCUT2D eigenvalue weighted by molar-refractivity contribution is 5.25. The molecule has 1 rings (SSSR count). The Morgan fingerprint density at radius 1 is 1.44 bits per heavy atom. The molecule has 0 bridgehead atoms. The maximum Gasteiger partial charge on any atom is 0.0465 e. The molecule has 1 aromatic rings. The van der Waals surface area contributed by atoms with Crippen molar-refractivity contribution in [2.24, 2.45) is 5.92 Å². The smallest absolute Gasteiger partial charge is 0.0465 e. The van der Waals surface area contributed by atoms with Crippen molar-refractivity contribution in [3.63, 3.8) is 0 Å². The van der Waals surface area contributed by atoms with E-state index in [9.17, 15) is 0 Å². The second kappa shape index (κ2) is 8.22. The molecular formula is C15H26N2O. The monoisotopic (exact) mass is 250 g/mol. The SMILES string of the molecule is CCCNC(c1ccncc1C)C(C)CCOC. The minimum Gasteiger partial charge on any atom is -0.385 e. The van der Waals surface area contributed by atoms with Gasteiger partial charge in [0.05, 0.1) is 0 Å². The highest BCUT2D eigenvalue weighted by Crippen LogP contribution is 2.26. The summed E-state index contributed by atoms with van der Waals surface area (Å²) in [6, 6.07) is 2.52. The molecule has 0 aliphatic carbocycles. The van der Waals surface area contributed by atoms with E-state index in [-0.39, 0.29) is 0 Å². The molecule has 2 unspecified atom stereocenters. The number of methoxy groups -OCH3 is 1. The van der Waals surface area contributed by atoms with Crippen molar-refractivity contribution >= 4 is 0 Å². The fourth-order valence-electron chi connectivity index (χ4n) is 2.22. The molecular weight excluding hydrogens is 224 g/mol. The lowest BCUT2D eigenvalue weighted by Crippen LogP contribution is -2.29. The number of pyridine rings is 1. The van der Waals surface area contributed by atoms with Crippen LogP contribution in [0.1, 0.15) is 43.9 Å². The van der Waals surface area contributed by atoms with Gasteiger partial charge >= 0.3 is 0 Å². The van der Waals surface area contributed by atoms with E-state index in [1.807, 2.05) is 12.4 Å². The molecule has 102 valence electrons. The van der Waals surface area contributed by atoms with Crippen LogP contribution in [0.15, 0.2) is 18.5 Å². The molecule has 3 heteroatoms. The Hall–Kier alpha value is -0.930. The zero-order valence-electron chi connectivity index (χ0n) is 12.1. The summed E-state index contributed by atoms with van der Waals surface area (Å²) in [6.45, 7) is 8.47. The standard InChI is InChI=1S/C15H26N2O/c1-5-8-17-15(12(2)7-10-18-4)14-6-9-16-11-13(14)3/h6,9,11-12,15,17H,5,7-8,10H2,1-4H3. The number of rotatable bonds is 8. The summed E-state index contributed by atoms with van der Waals surface area (Å²) >= 11 is 0. The summed E-state index contributed by atoms with van der Waals surface area (Å²) in [5.41, 5.74) is 2.62. The highest BCUT2D eigenvalue weighted by atomic mass is 16.5. The summed E-state index contributed by atoms with van der Waals surface area (Å²) in [4.78, 5) is 4.18. The van der Waals surface area contributed by atoms with Crippen LogP contribution in [-0.2, 0) is 4.74 Å². The van der Waals surface area contributed by atoms with Crippen LogP contribution in [0.5, 0.6) is 0 Å². The molecule has 0 aliphatic rings. The first kappa shape index (κ1) is 15.1. The van der Waals surface area contributed by atoms with Gasteiger partial charge in [-0.1, -0.05) is 13.8 Å². The van der Waals surface area contributed by atoms with Crippen LogP contribution < -0.4 is 5.32 Å². The van der Waals surface area contributed by atoms with E-state index < -0.39 is 0 Å². The third-order valence-electron chi connectivity index (χ3n) is 3.36.